The van der Waals surface area contributed by atoms with Gasteiger partial charge >= 0.3 is 0 Å². The highest BCUT2D eigenvalue weighted by molar-refractivity contribution is 5.57. The Morgan fingerprint density at radius 3 is 2.19 bits per heavy atom. The van der Waals surface area contributed by atoms with Crippen molar-refractivity contribution in [2.24, 2.45) is 0 Å². The summed E-state index contributed by atoms with van der Waals surface area (Å²) in [5.41, 5.74) is 3.69. The number of anilines is 1. The second-order valence-corrected chi connectivity index (χ2v) is 4.54. The molecule has 1 aromatic rings. The van der Waals surface area contributed by atoms with E-state index >= 15 is 0 Å². The molecule has 2 rings (SSSR count). The molecule has 0 spiro atoms. The standard InChI is InChI=1S/C13H20N2O/c1-9-5-11(6-10(2)13(9)16-4)15(3)12-7-14-8-12/h5-6,12,14H,7-8H2,1-4H3. The van der Waals surface area contributed by atoms with E-state index in [1.165, 1.54) is 16.8 Å². The summed E-state index contributed by atoms with van der Waals surface area (Å²) in [7, 11) is 3.89. The zero-order valence-corrected chi connectivity index (χ0v) is 10.5. The molecular formula is C13H20N2O. The molecule has 0 amide bonds. The van der Waals surface area contributed by atoms with E-state index in [0.29, 0.717) is 6.04 Å². The van der Waals surface area contributed by atoms with Crippen molar-refractivity contribution in [1.82, 2.24) is 5.32 Å². The number of methoxy groups -OCH3 is 1. The number of nitrogens with one attached hydrogen (secondary N) is 1. The average molecular weight is 220 g/mol. The van der Waals surface area contributed by atoms with Crippen LogP contribution in [0.4, 0.5) is 5.69 Å². The third-order valence-electron chi connectivity index (χ3n) is 3.36. The summed E-state index contributed by atoms with van der Waals surface area (Å²) < 4.78 is 5.38. The fourth-order valence-electron chi connectivity index (χ4n) is 2.21. The summed E-state index contributed by atoms with van der Waals surface area (Å²) in [6.07, 6.45) is 0. The van der Waals surface area contributed by atoms with Gasteiger partial charge in [0.2, 0.25) is 0 Å². The van der Waals surface area contributed by atoms with Crippen molar-refractivity contribution >= 4 is 5.69 Å². The van der Waals surface area contributed by atoms with Gasteiger partial charge in [-0.25, -0.2) is 0 Å². The van der Waals surface area contributed by atoms with E-state index in [1.54, 1.807) is 7.11 Å². The number of hydrogen-bond acceptors (Lipinski definition) is 3. The molecule has 1 aromatic carbocycles. The zero-order chi connectivity index (χ0) is 11.7. The molecule has 0 saturated carbocycles. The van der Waals surface area contributed by atoms with Gasteiger partial charge in [0.25, 0.3) is 0 Å². The maximum atomic E-state index is 5.38. The molecular weight excluding hydrogens is 200 g/mol. The van der Waals surface area contributed by atoms with Crippen LogP contribution < -0.4 is 15.0 Å². The van der Waals surface area contributed by atoms with Crippen LogP contribution in [0.1, 0.15) is 11.1 Å². The van der Waals surface area contributed by atoms with Crippen LogP contribution in [-0.2, 0) is 0 Å². The van der Waals surface area contributed by atoms with Gasteiger partial charge in [-0.3, -0.25) is 0 Å². The number of rotatable bonds is 3. The maximum absolute atomic E-state index is 5.38. The highest BCUT2D eigenvalue weighted by Gasteiger charge is 2.22. The van der Waals surface area contributed by atoms with E-state index in [2.05, 4.69) is 43.2 Å². The third kappa shape index (κ3) is 1.87. The minimum atomic E-state index is 0.632. The molecule has 0 unspecified atom stereocenters. The summed E-state index contributed by atoms with van der Waals surface area (Å²) >= 11 is 0. The van der Waals surface area contributed by atoms with Crippen molar-refractivity contribution in [3.8, 4) is 5.75 Å². The smallest absolute Gasteiger partial charge is 0.124 e. The summed E-state index contributed by atoms with van der Waals surface area (Å²) in [6.45, 7) is 6.37. The quantitative estimate of drug-likeness (QED) is 0.839. The molecule has 0 atom stereocenters. The summed E-state index contributed by atoms with van der Waals surface area (Å²) in [5, 5.41) is 3.30. The minimum Gasteiger partial charge on any atom is -0.496 e. The number of ether oxygens (including phenoxy) is 1. The number of benzene rings is 1. The lowest BCUT2D eigenvalue weighted by molar-refractivity contribution is 0.407. The molecule has 1 aliphatic heterocycles. The van der Waals surface area contributed by atoms with Crippen LogP contribution in [0.3, 0.4) is 0 Å². The van der Waals surface area contributed by atoms with Crippen molar-refractivity contribution in [2.45, 2.75) is 19.9 Å². The molecule has 0 aromatic heterocycles. The Bertz CT molecular complexity index is 363. The van der Waals surface area contributed by atoms with Crippen LogP contribution >= 0.6 is 0 Å². The monoisotopic (exact) mass is 220 g/mol. The van der Waals surface area contributed by atoms with E-state index in [1.807, 2.05) is 0 Å². The van der Waals surface area contributed by atoms with Crippen molar-refractivity contribution in [2.75, 3.05) is 32.1 Å². The predicted molar refractivity (Wildman–Crippen MR) is 67.5 cm³/mol. The average Bonchev–Trinajstić information content (AvgIpc) is 2.14. The molecule has 1 saturated heterocycles. The molecule has 0 bridgehead atoms. The second kappa shape index (κ2) is 4.34. The Morgan fingerprint density at radius 1 is 1.25 bits per heavy atom. The van der Waals surface area contributed by atoms with Gasteiger partial charge in [0.15, 0.2) is 0 Å². The van der Waals surface area contributed by atoms with Gasteiger partial charge in [0.05, 0.1) is 13.2 Å². The van der Waals surface area contributed by atoms with Crippen LogP contribution in [-0.4, -0.2) is 33.3 Å². The number of aryl methyl sites for hydroxylation is 2. The lowest BCUT2D eigenvalue weighted by atomic mass is 10.1. The van der Waals surface area contributed by atoms with Crippen LogP contribution in [0.5, 0.6) is 5.75 Å². The van der Waals surface area contributed by atoms with E-state index in [-0.39, 0.29) is 0 Å². The second-order valence-electron chi connectivity index (χ2n) is 4.54. The number of hydrogen-bond donors (Lipinski definition) is 1. The van der Waals surface area contributed by atoms with Gasteiger partial charge in [-0.15, -0.1) is 0 Å². The van der Waals surface area contributed by atoms with E-state index in [4.69, 9.17) is 4.74 Å². The van der Waals surface area contributed by atoms with E-state index in [0.717, 1.165) is 18.8 Å². The first kappa shape index (κ1) is 11.3. The van der Waals surface area contributed by atoms with Gasteiger partial charge < -0.3 is 15.0 Å². The first-order valence-electron chi connectivity index (χ1n) is 5.72. The number of likely N-dealkylation sites (N-methyl/N-ethyl adjacent to an activating group) is 1. The molecule has 1 aliphatic rings. The van der Waals surface area contributed by atoms with Gasteiger partial charge in [-0.05, 0) is 37.1 Å². The van der Waals surface area contributed by atoms with Crippen LogP contribution in [0.15, 0.2) is 12.1 Å². The molecule has 1 N–H and O–H groups in total. The Hall–Kier alpha value is -1.22. The Kier molecular flexibility index (Phi) is 3.06. The Labute approximate surface area is 97.4 Å². The van der Waals surface area contributed by atoms with E-state index < -0.39 is 0 Å². The van der Waals surface area contributed by atoms with Gasteiger partial charge in [-0.1, -0.05) is 0 Å². The van der Waals surface area contributed by atoms with Gasteiger partial charge in [-0.2, -0.15) is 0 Å². The molecule has 1 heterocycles. The lowest BCUT2D eigenvalue weighted by Gasteiger charge is -2.37. The van der Waals surface area contributed by atoms with Crippen molar-refractivity contribution in [3.63, 3.8) is 0 Å². The topological polar surface area (TPSA) is 24.5 Å². The Morgan fingerprint density at radius 2 is 1.81 bits per heavy atom. The van der Waals surface area contributed by atoms with Crippen molar-refractivity contribution in [1.29, 1.82) is 0 Å². The van der Waals surface area contributed by atoms with Crippen molar-refractivity contribution < 1.29 is 4.74 Å². The molecule has 3 heteroatoms. The maximum Gasteiger partial charge on any atom is 0.124 e. The molecule has 88 valence electrons. The number of nitrogens with zero attached hydrogens (tertiary/aromatic N) is 1. The first-order valence-corrected chi connectivity index (χ1v) is 5.72. The fraction of sp³-hybridized carbons (Fsp3) is 0.538. The normalized spacial score (nSPS) is 15.8. The first-order chi connectivity index (χ1) is 7.63. The molecule has 0 aliphatic carbocycles. The fourth-order valence-corrected chi connectivity index (χ4v) is 2.21. The summed E-state index contributed by atoms with van der Waals surface area (Å²) in [4.78, 5) is 2.34. The van der Waals surface area contributed by atoms with Crippen LogP contribution in [0.2, 0.25) is 0 Å². The summed E-state index contributed by atoms with van der Waals surface area (Å²) in [5.74, 6) is 1.00. The largest absolute Gasteiger partial charge is 0.496 e. The van der Waals surface area contributed by atoms with E-state index in [9.17, 15) is 0 Å². The molecule has 1 fully saturated rings. The highest BCUT2D eigenvalue weighted by atomic mass is 16.5. The SMILES string of the molecule is COc1c(C)cc(N(C)C2CNC2)cc1C. The highest BCUT2D eigenvalue weighted by Crippen LogP contribution is 2.29. The van der Waals surface area contributed by atoms with Crippen molar-refractivity contribution in [3.05, 3.63) is 23.3 Å². The Balaban J connectivity index is 2.28. The minimum absolute atomic E-state index is 0.632. The molecule has 0 radical (unpaired) electrons. The van der Waals surface area contributed by atoms with Gasteiger partial charge in [0.1, 0.15) is 5.75 Å². The lowest BCUT2D eigenvalue weighted by Crippen LogP contribution is -2.56. The van der Waals surface area contributed by atoms with Crippen LogP contribution in [0, 0.1) is 13.8 Å². The molecule has 16 heavy (non-hydrogen) atoms. The summed E-state index contributed by atoms with van der Waals surface area (Å²) in [6, 6.07) is 5.03. The third-order valence-corrected chi connectivity index (χ3v) is 3.36. The van der Waals surface area contributed by atoms with Gasteiger partial charge in [0, 0.05) is 25.8 Å². The van der Waals surface area contributed by atoms with Crippen LogP contribution in [0.25, 0.3) is 0 Å². The predicted octanol–water partition coefficient (Wildman–Crippen LogP) is 1.72. The zero-order valence-electron chi connectivity index (χ0n) is 10.5. The molecule has 3 nitrogen and oxygen atoms in total.